The second kappa shape index (κ2) is 6.12. The van der Waals surface area contributed by atoms with Crippen LogP contribution in [0.2, 0.25) is 0 Å². The maximum Gasteiger partial charge on any atom is 0.246 e. The fourth-order valence-corrected chi connectivity index (χ4v) is 3.43. The minimum absolute atomic E-state index is 0.0339. The Balaban J connectivity index is 2.28. The van der Waals surface area contributed by atoms with Crippen LogP contribution < -0.4 is 5.32 Å². The van der Waals surface area contributed by atoms with Gasteiger partial charge in [-0.05, 0) is 18.8 Å². The van der Waals surface area contributed by atoms with Crippen LogP contribution in [0.1, 0.15) is 46.0 Å². The molecule has 0 aromatic carbocycles. The molecule has 2 amide bonds. The summed E-state index contributed by atoms with van der Waals surface area (Å²) >= 11 is 0. The van der Waals surface area contributed by atoms with Crippen LogP contribution in [0.4, 0.5) is 0 Å². The van der Waals surface area contributed by atoms with Crippen LogP contribution >= 0.6 is 0 Å². The normalized spacial score (nSPS) is 26.2. The van der Waals surface area contributed by atoms with Gasteiger partial charge in [-0.25, -0.2) is 0 Å². The third-order valence-electron chi connectivity index (χ3n) is 4.62. The molecule has 2 rings (SSSR count). The van der Waals surface area contributed by atoms with E-state index in [9.17, 15) is 9.59 Å². The highest BCUT2D eigenvalue weighted by Gasteiger charge is 2.52. The minimum Gasteiger partial charge on any atom is -0.383 e. The third kappa shape index (κ3) is 2.55. The van der Waals surface area contributed by atoms with Gasteiger partial charge in [0.2, 0.25) is 11.8 Å². The van der Waals surface area contributed by atoms with Crippen molar-refractivity contribution in [2.24, 2.45) is 5.92 Å². The smallest absolute Gasteiger partial charge is 0.246 e. The van der Waals surface area contributed by atoms with E-state index >= 15 is 0 Å². The van der Waals surface area contributed by atoms with Gasteiger partial charge in [-0.2, -0.15) is 0 Å². The number of carbonyl (C=O) groups is 2. The summed E-state index contributed by atoms with van der Waals surface area (Å²) in [6, 6.07) is -0.396. The number of nitrogens with one attached hydrogen (secondary N) is 1. The molecule has 1 heterocycles. The van der Waals surface area contributed by atoms with E-state index in [-0.39, 0.29) is 17.7 Å². The summed E-state index contributed by atoms with van der Waals surface area (Å²) in [4.78, 5) is 27.2. The molecule has 5 heteroatoms. The summed E-state index contributed by atoms with van der Waals surface area (Å²) in [7, 11) is 1.63. The molecule has 0 radical (unpaired) electrons. The molecule has 2 aliphatic rings. The number of hydrogen-bond donors (Lipinski definition) is 1. The molecule has 20 heavy (non-hydrogen) atoms. The van der Waals surface area contributed by atoms with Crippen molar-refractivity contribution in [2.45, 2.75) is 57.5 Å². The Morgan fingerprint density at radius 1 is 1.30 bits per heavy atom. The Kier molecular flexibility index (Phi) is 4.68. The SMILES string of the molecule is COCCN1C(=O)C(C(C)C)NC(=O)C12CCCCC2. The number of amides is 2. The largest absolute Gasteiger partial charge is 0.383 e. The molecule has 114 valence electrons. The first-order valence-corrected chi connectivity index (χ1v) is 7.64. The summed E-state index contributed by atoms with van der Waals surface area (Å²) < 4.78 is 5.13. The van der Waals surface area contributed by atoms with Crippen LogP contribution in [0.15, 0.2) is 0 Å². The Hall–Kier alpha value is -1.10. The van der Waals surface area contributed by atoms with Crippen molar-refractivity contribution in [3.05, 3.63) is 0 Å². The van der Waals surface area contributed by atoms with Gasteiger partial charge in [-0.3, -0.25) is 9.59 Å². The molecule has 1 N–H and O–H groups in total. The summed E-state index contributed by atoms with van der Waals surface area (Å²) in [5.41, 5.74) is -0.626. The van der Waals surface area contributed by atoms with Crippen LogP contribution in [0.5, 0.6) is 0 Å². The highest BCUT2D eigenvalue weighted by Crippen LogP contribution is 2.37. The van der Waals surface area contributed by atoms with Gasteiger partial charge in [0, 0.05) is 13.7 Å². The lowest BCUT2D eigenvalue weighted by Crippen LogP contribution is -2.72. The number of rotatable bonds is 4. The van der Waals surface area contributed by atoms with Gasteiger partial charge >= 0.3 is 0 Å². The topological polar surface area (TPSA) is 58.6 Å². The van der Waals surface area contributed by atoms with Crippen LogP contribution in [0.25, 0.3) is 0 Å². The zero-order valence-electron chi connectivity index (χ0n) is 12.8. The van der Waals surface area contributed by atoms with Gasteiger partial charge in [0.15, 0.2) is 0 Å². The Morgan fingerprint density at radius 2 is 1.95 bits per heavy atom. The number of piperazine rings is 1. The molecule has 1 unspecified atom stereocenters. The summed E-state index contributed by atoms with van der Waals surface area (Å²) in [6.45, 7) is 4.92. The average molecular weight is 282 g/mol. The van der Waals surface area contributed by atoms with Gasteiger partial charge in [0.1, 0.15) is 11.6 Å². The lowest BCUT2D eigenvalue weighted by molar-refractivity contribution is -0.162. The van der Waals surface area contributed by atoms with E-state index < -0.39 is 11.6 Å². The molecule has 0 bridgehead atoms. The standard InChI is InChI=1S/C15H26N2O3/c1-11(2)12-13(18)17(9-10-20-3)15(14(19)16-12)7-5-4-6-8-15/h11-12H,4-10H2,1-3H3,(H,16,19). The van der Waals surface area contributed by atoms with Gasteiger partial charge in [-0.1, -0.05) is 33.1 Å². The first-order valence-electron chi connectivity index (χ1n) is 7.64. The predicted octanol–water partition coefficient (Wildman–Crippen LogP) is 1.32. The number of methoxy groups -OCH3 is 1. The van der Waals surface area contributed by atoms with E-state index in [1.807, 2.05) is 13.8 Å². The van der Waals surface area contributed by atoms with Crippen molar-refractivity contribution >= 4 is 11.8 Å². The van der Waals surface area contributed by atoms with Gasteiger partial charge < -0.3 is 15.0 Å². The Morgan fingerprint density at radius 3 is 2.50 bits per heavy atom. The van der Waals surface area contributed by atoms with E-state index in [1.165, 1.54) is 0 Å². The lowest BCUT2D eigenvalue weighted by atomic mass is 9.76. The Bertz CT molecular complexity index is 375. The van der Waals surface area contributed by atoms with Crippen LogP contribution in [0, 0.1) is 5.92 Å². The fraction of sp³-hybridized carbons (Fsp3) is 0.867. The maximum absolute atomic E-state index is 12.7. The maximum atomic E-state index is 12.7. The summed E-state index contributed by atoms with van der Waals surface area (Å²) in [5, 5.41) is 2.96. The monoisotopic (exact) mass is 282 g/mol. The second-order valence-corrected chi connectivity index (χ2v) is 6.27. The zero-order valence-corrected chi connectivity index (χ0v) is 12.8. The molecule has 1 saturated carbocycles. The molecule has 1 aliphatic carbocycles. The van der Waals surface area contributed by atoms with Crippen LogP contribution in [-0.4, -0.2) is 48.6 Å². The zero-order chi connectivity index (χ0) is 14.8. The summed E-state index contributed by atoms with van der Waals surface area (Å²) in [6.07, 6.45) is 4.72. The number of carbonyl (C=O) groups excluding carboxylic acids is 2. The van der Waals surface area contributed by atoms with Crippen LogP contribution in [-0.2, 0) is 14.3 Å². The third-order valence-corrected chi connectivity index (χ3v) is 4.62. The fourth-order valence-electron chi connectivity index (χ4n) is 3.43. The lowest BCUT2D eigenvalue weighted by Gasteiger charge is -2.50. The first-order chi connectivity index (χ1) is 9.53. The van der Waals surface area contributed by atoms with Crippen molar-refractivity contribution in [1.29, 1.82) is 0 Å². The van der Waals surface area contributed by atoms with Gasteiger partial charge in [0.05, 0.1) is 6.61 Å². The number of nitrogens with zero attached hydrogens (tertiary/aromatic N) is 1. The molecule has 5 nitrogen and oxygen atoms in total. The van der Waals surface area contributed by atoms with E-state index in [0.29, 0.717) is 13.2 Å². The van der Waals surface area contributed by atoms with E-state index in [1.54, 1.807) is 12.0 Å². The van der Waals surface area contributed by atoms with E-state index in [2.05, 4.69) is 5.32 Å². The van der Waals surface area contributed by atoms with Crippen molar-refractivity contribution in [1.82, 2.24) is 10.2 Å². The summed E-state index contributed by atoms with van der Waals surface area (Å²) in [5.74, 6) is 0.197. The molecular weight excluding hydrogens is 256 g/mol. The van der Waals surface area contributed by atoms with Crippen LogP contribution in [0.3, 0.4) is 0 Å². The molecule has 1 atom stereocenters. The molecular formula is C15H26N2O3. The second-order valence-electron chi connectivity index (χ2n) is 6.27. The van der Waals surface area contributed by atoms with Crippen molar-refractivity contribution in [2.75, 3.05) is 20.3 Å². The average Bonchev–Trinajstić information content (AvgIpc) is 2.44. The quantitative estimate of drug-likeness (QED) is 0.846. The number of hydrogen-bond acceptors (Lipinski definition) is 3. The first kappa shape index (κ1) is 15.3. The molecule has 1 saturated heterocycles. The highest BCUT2D eigenvalue weighted by atomic mass is 16.5. The molecule has 1 aliphatic heterocycles. The van der Waals surface area contributed by atoms with E-state index in [0.717, 1.165) is 32.1 Å². The van der Waals surface area contributed by atoms with Crippen molar-refractivity contribution in [3.8, 4) is 0 Å². The van der Waals surface area contributed by atoms with Crippen molar-refractivity contribution < 1.29 is 14.3 Å². The van der Waals surface area contributed by atoms with Gasteiger partial charge in [0.25, 0.3) is 0 Å². The predicted molar refractivity (Wildman–Crippen MR) is 76.2 cm³/mol. The molecule has 0 aromatic heterocycles. The Labute approximate surface area is 121 Å². The minimum atomic E-state index is -0.626. The molecule has 0 aromatic rings. The number of ether oxygens (including phenoxy) is 1. The highest BCUT2D eigenvalue weighted by molar-refractivity contribution is 6.00. The van der Waals surface area contributed by atoms with Crippen molar-refractivity contribution in [3.63, 3.8) is 0 Å². The van der Waals surface area contributed by atoms with Gasteiger partial charge in [-0.15, -0.1) is 0 Å². The molecule has 2 fully saturated rings. The van der Waals surface area contributed by atoms with E-state index in [4.69, 9.17) is 4.74 Å². The molecule has 1 spiro atoms.